The van der Waals surface area contributed by atoms with Crippen LogP contribution in [0.1, 0.15) is 11.1 Å². The van der Waals surface area contributed by atoms with Gasteiger partial charge in [0.05, 0.1) is 18.1 Å². The third kappa shape index (κ3) is 1.39. The van der Waals surface area contributed by atoms with E-state index in [9.17, 15) is 0 Å². The summed E-state index contributed by atoms with van der Waals surface area (Å²) in [6, 6.07) is 0. The van der Waals surface area contributed by atoms with Gasteiger partial charge in [0.1, 0.15) is 0 Å². The van der Waals surface area contributed by atoms with Crippen molar-refractivity contribution in [1.82, 2.24) is 20.0 Å². The van der Waals surface area contributed by atoms with E-state index in [0.717, 1.165) is 22.4 Å². The maximum atomic E-state index is 4.12. The van der Waals surface area contributed by atoms with Gasteiger partial charge in [-0.1, -0.05) is 0 Å². The Hall–Kier alpha value is -1.71. The number of aromatic nitrogens is 4. The fraction of sp³-hybridized carbons (Fsp3) is 0.300. The third-order valence-corrected chi connectivity index (χ3v) is 2.33. The molecule has 0 aliphatic heterocycles. The van der Waals surface area contributed by atoms with Gasteiger partial charge in [0, 0.05) is 18.8 Å². The molecule has 4 nitrogen and oxygen atoms in total. The first kappa shape index (κ1) is 8.87. The fourth-order valence-corrected chi connectivity index (χ4v) is 1.35. The average molecular weight is 188 g/mol. The topological polar surface area (TPSA) is 43.6 Å². The second kappa shape index (κ2) is 3.21. The Morgan fingerprint density at radius 1 is 1.21 bits per heavy atom. The summed E-state index contributed by atoms with van der Waals surface area (Å²) < 4.78 is 1.76. The lowest BCUT2D eigenvalue weighted by molar-refractivity contribution is 0.768. The van der Waals surface area contributed by atoms with Crippen molar-refractivity contribution in [2.24, 2.45) is 7.05 Å². The van der Waals surface area contributed by atoms with E-state index in [2.05, 4.69) is 15.3 Å². The molecule has 0 saturated carbocycles. The molecule has 0 aromatic carbocycles. The van der Waals surface area contributed by atoms with Crippen LogP contribution in [0.2, 0.25) is 0 Å². The number of hydrogen-bond acceptors (Lipinski definition) is 3. The van der Waals surface area contributed by atoms with Crippen LogP contribution in [-0.4, -0.2) is 20.0 Å². The molecule has 4 heteroatoms. The molecule has 2 rings (SSSR count). The first-order valence-electron chi connectivity index (χ1n) is 4.46. The summed E-state index contributed by atoms with van der Waals surface area (Å²) in [6.45, 7) is 4.08. The average Bonchev–Trinajstić information content (AvgIpc) is 2.57. The highest BCUT2D eigenvalue weighted by atomic mass is 15.2. The predicted octanol–water partition coefficient (Wildman–Crippen LogP) is 1.49. The van der Waals surface area contributed by atoms with E-state index in [1.807, 2.05) is 27.1 Å². The Morgan fingerprint density at radius 3 is 2.64 bits per heavy atom. The summed E-state index contributed by atoms with van der Waals surface area (Å²) in [7, 11) is 1.89. The zero-order valence-corrected chi connectivity index (χ0v) is 8.52. The van der Waals surface area contributed by atoms with Crippen molar-refractivity contribution < 1.29 is 0 Å². The summed E-state index contributed by atoms with van der Waals surface area (Å²) in [6.07, 6.45) is 5.52. The molecule has 0 amide bonds. The van der Waals surface area contributed by atoms with Gasteiger partial charge in [0.2, 0.25) is 0 Å². The first-order valence-corrected chi connectivity index (χ1v) is 4.46. The van der Waals surface area contributed by atoms with E-state index in [-0.39, 0.29) is 0 Å². The molecule has 0 fully saturated rings. The molecule has 0 bridgehead atoms. The predicted molar refractivity (Wildman–Crippen MR) is 53.7 cm³/mol. The molecule has 0 aliphatic carbocycles. The van der Waals surface area contributed by atoms with E-state index in [1.54, 1.807) is 17.1 Å². The van der Waals surface area contributed by atoms with Crippen molar-refractivity contribution in [1.29, 1.82) is 0 Å². The molecule has 0 saturated heterocycles. The van der Waals surface area contributed by atoms with Crippen molar-refractivity contribution in [3.8, 4) is 11.3 Å². The van der Waals surface area contributed by atoms with Gasteiger partial charge < -0.3 is 0 Å². The Labute approximate surface area is 82.6 Å². The molecule has 0 unspecified atom stereocenters. The highest BCUT2D eigenvalue weighted by Gasteiger charge is 2.07. The van der Waals surface area contributed by atoms with Gasteiger partial charge >= 0.3 is 0 Å². The van der Waals surface area contributed by atoms with Crippen LogP contribution in [0.25, 0.3) is 11.3 Å². The number of aryl methyl sites for hydroxylation is 2. The second-order valence-corrected chi connectivity index (χ2v) is 3.40. The van der Waals surface area contributed by atoms with Crippen LogP contribution in [0.5, 0.6) is 0 Å². The molecular weight excluding hydrogens is 176 g/mol. The number of rotatable bonds is 1. The zero-order chi connectivity index (χ0) is 10.1. The lowest BCUT2D eigenvalue weighted by Crippen LogP contribution is -1.93. The van der Waals surface area contributed by atoms with Crippen molar-refractivity contribution in [2.75, 3.05) is 0 Å². The molecule has 0 atom stereocenters. The third-order valence-electron chi connectivity index (χ3n) is 2.33. The minimum absolute atomic E-state index is 0.915. The largest absolute Gasteiger partial charge is 0.275 e. The van der Waals surface area contributed by atoms with Crippen LogP contribution in [0.15, 0.2) is 18.6 Å². The van der Waals surface area contributed by atoms with Crippen molar-refractivity contribution >= 4 is 0 Å². The Kier molecular flexibility index (Phi) is 2.04. The van der Waals surface area contributed by atoms with Gasteiger partial charge in [-0.2, -0.15) is 15.3 Å². The van der Waals surface area contributed by atoms with Gasteiger partial charge in [-0.25, -0.2) is 0 Å². The van der Waals surface area contributed by atoms with E-state index in [0.29, 0.717) is 0 Å². The summed E-state index contributed by atoms with van der Waals surface area (Å²) >= 11 is 0. The normalized spacial score (nSPS) is 10.5. The van der Waals surface area contributed by atoms with Gasteiger partial charge in [0.25, 0.3) is 0 Å². The highest BCUT2D eigenvalue weighted by molar-refractivity contribution is 5.61. The van der Waals surface area contributed by atoms with Crippen LogP contribution in [0, 0.1) is 13.8 Å². The van der Waals surface area contributed by atoms with Gasteiger partial charge in [0.15, 0.2) is 0 Å². The van der Waals surface area contributed by atoms with Crippen LogP contribution in [0.3, 0.4) is 0 Å². The monoisotopic (exact) mass is 188 g/mol. The molecule has 0 spiro atoms. The van der Waals surface area contributed by atoms with Gasteiger partial charge in [-0.05, 0) is 25.0 Å². The summed E-state index contributed by atoms with van der Waals surface area (Å²) in [5, 5.41) is 12.2. The Bertz CT molecular complexity index is 459. The molecule has 14 heavy (non-hydrogen) atoms. The standard InChI is InChI=1S/C10H12N4/c1-7-4-11-13-10(8(7)2)9-5-12-14(3)6-9/h4-6H,1-3H3. The fourth-order valence-electron chi connectivity index (χ4n) is 1.35. The SMILES string of the molecule is Cc1cnnc(-c2cnn(C)c2)c1C. The molecule has 2 heterocycles. The minimum atomic E-state index is 0.915. The van der Waals surface area contributed by atoms with Crippen LogP contribution in [0.4, 0.5) is 0 Å². The van der Waals surface area contributed by atoms with Crippen LogP contribution >= 0.6 is 0 Å². The van der Waals surface area contributed by atoms with Gasteiger partial charge in [-0.3, -0.25) is 4.68 Å². The van der Waals surface area contributed by atoms with Crippen molar-refractivity contribution in [3.05, 3.63) is 29.7 Å². The molecule has 0 aliphatic rings. The van der Waals surface area contributed by atoms with Crippen molar-refractivity contribution in [2.45, 2.75) is 13.8 Å². The summed E-state index contributed by atoms with van der Waals surface area (Å²) in [4.78, 5) is 0. The molecular formula is C10H12N4. The molecule has 2 aromatic rings. The van der Waals surface area contributed by atoms with Gasteiger partial charge in [-0.15, -0.1) is 0 Å². The Morgan fingerprint density at radius 2 is 2.00 bits per heavy atom. The molecule has 0 radical (unpaired) electrons. The second-order valence-electron chi connectivity index (χ2n) is 3.40. The maximum absolute atomic E-state index is 4.12. The molecule has 72 valence electrons. The van der Waals surface area contributed by atoms with Crippen LogP contribution < -0.4 is 0 Å². The first-order chi connectivity index (χ1) is 6.68. The van der Waals surface area contributed by atoms with E-state index >= 15 is 0 Å². The van der Waals surface area contributed by atoms with Crippen LogP contribution in [-0.2, 0) is 7.05 Å². The minimum Gasteiger partial charge on any atom is -0.275 e. The summed E-state index contributed by atoms with van der Waals surface area (Å²) in [5.74, 6) is 0. The number of nitrogens with zero attached hydrogens (tertiary/aromatic N) is 4. The van der Waals surface area contributed by atoms with E-state index in [1.165, 1.54) is 0 Å². The zero-order valence-electron chi connectivity index (χ0n) is 8.52. The molecule has 2 aromatic heterocycles. The lowest BCUT2D eigenvalue weighted by atomic mass is 10.1. The summed E-state index contributed by atoms with van der Waals surface area (Å²) in [5.41, 5.74) is 4.24. The quantitative estimate of drug-likeness (QED) is 0.681. The molecule has 0 N–H and O–H groups in total. The highest BCUT2D eigenvalue weighted by Crippen LogP contribution is 2.20. The van der Waals surface area contributed by atoms with E-state index < -0.39 is 0 Å². The van der Waals surface area contributed by atoms with Crippen molar-refractivity contribution in [3.63, 3.8) is 0 Å². The number of hydrogen-bond donors (Lipinski definition) is 0. The maximum Gasteiger partial charge on any atom is 0.0992 e. The van der Waals surface area contributed by atoms with E-state index in [4.69, 9.17) is 0 Å². The lowest BCUT2D eigenvalue weighted by Gasteiger charge is -2.02. The Balaban J connectivity index is 2.57. The smallest absolute Gasteiger partial charge is 0.0992 e.